The molecule has 0 bridgehead atoms. The van der Waals surface area contributed by atoms with Crippen molar-refractivity contribution in [3.05, 3.63) is 11.9 Å². The molecule has 2 heterocycles. The van der Waals surface area contributed by atoms with Gasteiger partial charge >= 0.3 is 0 Å². The van der Waals surface area contributed by atoms with E-state index in [9.17, 15) is 15.3 Å². The first-order valence-corrected chi connectivity index (χ1v) is 9.57. The van der Waals surface area contributed by atoms with Crippen LogP contribution in [0.4, 0.5) is 0 Å². The number of aromatic nitrogens is 3. The smallest absolute Gasteiger partial charge is 0.186 e. The van der Waals surface area contributed by atoms with Gasteiger partial charge in [-0.05, 0) is 6.92 Å². The van der Waals surface area contributed by atoms with Gasteiger partial charge in [0.05, 0.1) is 71.7 Å². The highest BCUT2D eigenvalue weighted by molar-refractivity contribution is 4.91. The highest BCUT2D eigenvalue weighted by atomic mass is 16.7. The summed E-state index contributed by atoms with van der Waals surface area (Å²) >= 11 is 0. The Balaban J connectivity index is 1.56. The van der Waals surface area contributed by atoms with Gasteiger partial charge < -0.3 is 44.1 Å². The summed E-state index contributed by atoms with van der Waals surface area (Å²) in [4.78, 5) is 0. The summed E-state index contributed by atoms with van der Waals surface area (Å²) in [5.41, 5.74) is 0.528. The minimum absolute atomic E-state index is 0.00200. The van der Waals surface area contributed by atoms with Crippen LogP contribution in [0.15, 0.2) is 6.20 Å². The molecular weight excluding hydrogens is 390 g/mol. The van der Waals surface area contributed by atoms with Crippen molar-refractivity contribution < 1.29 is 44.1 Å². The Bertz CT molecular complexity index is 562. The summed E-state index contributed by atoms with van der Waals surface area (Å²) in [7, 11) is 0. The molecule has 29 heavy (non-hydrogen) atoms. The van der Waals surface area contributed by atoms with Crippen LogP contribution in [-0.4, -0.2) is 112 Å². The standard InChI is InChI=1S/C17H31N3O9/c1-12-14(22)15(23)16(24)17(29-12)28-11-13-10-20(19-18-13)2-4-25-6-8-27-9-7-26-5-3-21/h10,12,14-17,21-24H,2-9,11H2,1H3/t12?,14-,15+,16?,17-/m1/s1. The van der Waals surface area contributed by atoms with Crippen molar-refractivity contribution >= 4 is 0 Å². The number of rotatable bonds is 14. The minimum atomic E-state index is -1.35. The van der Waals surface area contributed by atoms with Crippen molar-refractivity contribution in [1.29, 1.82) is 0 Å². The molecule has 12 heteroatoms. The van der Waals surface area contributed by atoms with Gasteiger partial charge in [-0.15, -0.1) is 5.10 Å². The summed E-state index contributed by atoms with van der Waals surface area (Å²) in [6.45, 7) is 4.63. The SMILES string of the molecule is CC1O[C@@H](OCc2cn(CCOCCOCCOCCO)nn2)C(O)[C@@H](O)[C@@H]1O. The third-order valence-electron chi connectivity index (χ3n) is 4.23. The van der Waals surface area contributed by atoms with Crippen LogP contribution in [0.3, 0.4) is 0 Å². The maximum Gasteiger partial charge on any atom is 0.186 e. The van der Waals surface area contributed by atoms with Crippen LogP contribution in [0.2, 0.25) is 0 Å². The predicted molar refractivity (Wildman–Crippen MR) is 96.7 cm³/mol. The number of aliphatic hydroxyl groups is 4. The van der Waals surface area contributed by atoms with E-state index in [2.05, 4.69) is 10.3 Å². The van der Waals surface area contributed by atoms with E-state index in [1.807, 2.05) is 0 Å². The molecular formula is C17H31N3O9. The van der Waals surface area contributed by atoms with Gasteiger partial charge in [0.15, 0.2) is 6.29 Å². The van der Waals surface area contributed by atoms with Gasteiger partial charge in [0.25, 0.3) is 0 Å². The van der Waals surface area contributed by atoms with Gasteiger partial charge in [-0.2, -0.15) is 0 Å². The van der Waals surface area contributed by atoms with Crippen molar-refractivity contribution in [2.75, 3.05) is 46.2 Å². The van der Waals surface area contributed by atoms with Gasteiger partial charge in [-0.3, -0.25) is 0 Å². The monoisotopic (exact) mass is 421 g/mol. The second kappa shape index (κ2) is 13.2. The maximum absolute atomic E-state index is 9.92. The Morgan fingerprint density at radius 1 is 0.966 bits per heavy atom. The Morgan fingerprint density at radius 2 is 1.62 bits per heavy atom. The molecule has 0 saturated carbocycles. The van der Waals surface area contributed by atoms with Crippen LogP contribution < -0.4 is 0 Å². The Kier molecular flexibility index (Phi) is 10.9. The molecule has 168 valence electrons. The lowest BCUT2D eigenvalue weighted by Crippen LogP contribution is -2.57. The number of aliphatic hydroxyl groups excluding tert-OH is 4. The molecule has 0 aromatic carbocycles. The Labute approximate surface area is 168 Å². The third-order valence-corrected chi connectivity index (χ3v) is 4.23. The molecule has 1 fully saturated rings. The van der Waals surface area contributed by atoms with Crippen molar-refractivity contribution in [3.8, 4) is 0 Å². The first-order valence-electron chi connectivity index (χ1n) is 9.57. The Hall–Kier alpha value is -1.22. The highest BCUT2D eigenvalue weighted by Gasteiger charge is 2.42. The molecule has 2 unspecified atom stereocenters. The molecule has 1 aromatic heterocycles. The van der Waals surface area contributed by atoms with Gasteiger partial charge in [-0.25, -0.2) is 4.68 Å². The average Bonchev–Trinajstić information content (AvgIpc) is 3.17. The van der Waals surface area contributed by atoms with Crippen molar-refractivity contribution in [3.63, 3.8) is 0 Å². The van der Waals surface area contributed by atoms with E-state index in [-0.39, 0.29) is 13.2 Å². The molecule has 1 aliphatic heterocycles. The highest BCUT2D eigenvalue weighted by Crippen LogP contribution is 2.22. The summed E-state index contributed by atoms with van der Waals surface area (Å²) in [5, 5.41) is 45.9. The van der Waals surface area contributed by atoms with Gasteiger partial charge in [0, 0.05) is 0 Å². The minimum Gasteiger partial charge on any atom is -0.394 e. The second-order valence-corrected chi connectivity index (χ2v) is 6.53. The molecule has 2 rings (SSSR count). The van der Waals surface area contributed by atoms with E-state index in [1.165, 1.54) is 0 Å². The lowest BCUT2D eigenvalue weighted by atomic mass is 10.0. The first kappa shape index (κ1) is 24.1. The van der Waals surface area contributed by atoms with Gasteiger partial charge in [-0.1, -0.05) is 5.21 Å². The fourth-order valence-corrected chi connectivity index (χ4v) is 2.60. The fourth-order valence-electron chi connectivity index (χ4n) is 2.60. The molecule has 1 aliphatic rings. The summed E-state index contributed by atoms with van der Waals surface area (Å²) in [6.07, 6.45) is -3.91. The fraction of sp³-hybridized carbons (Fsp3) is 0.882. The van der Waals surface area contributed by atoms with Crippen molar-refractivity contribution in [2.45, 2.75) is 50.8 Å². The molecule has 0 aliphatic carbocycles. The summed E-state index contributed by atoms with van der Waals surface area (Å²) in [6, 6.07) is 0. The van der Waals surface area contributed by atoms with Gasteiger partial charge in [0.2, 0.25) is 0 Å². The van der Waals surface area contributed by atoms with Crippen LogP contribution in [0, 0.1) is 0 Å². The van der Waals surface area contributed by atoms with E-state index in [1.54, 1.807) is 17.8 Å². The van der Waals surface area contributed by atoms with E-state index < -0.39 is 30.7 Å². The van der Waals surface area contributed by atoms with E-state index in [0.717, 1.165) is 0 Å². The number of ether oxygens (including phenoxy) is 5. The van der Waals surface area contributed by atoms with Crippen LogP contribution in [0.5, 0.6) is 0 Å². The zero-order valence-electron chi connectivity index (χ0n) is 16.5. The van der Waals surface area contributed by atoms with E-state index in [0.29, 0.717) is 51.9 Å². The topological polar surface area (TPSA) is 158 Å². The lowest BCUT2D eigenvalue weighted by Gasteiger charge is -2.38. The van der Waals surface area contributed by atoms with Crippen LogP contribution in [0.25, 0.3) is 0 Å². The largest absolute Gasteiger partial charge is 0.394 e. The number of hydrogen-bond acceptors (Lipinski definition) is 11. The molecule has 0 radical (unpaired) electrons. The molecule has 5 atom stereocenters. The lowest BCUT2D eigenvalue weighted by molar-refractivity contribution is -0.296. The predicted octanol–water partition coefficient (Wildman–Crippen LogP) is -2.34. The van der Waals surface area contributed by atoms with Crippen LogP contribution in [0.1, 0.15) is 12.6 Å². The zero-order chi connectivity index (χ0) is 21.1. The molecule has 12 nitrogen and oxygen atoms in total. The first-order chi connectivity index (χ1) is 14.0. The molecule has 1 saturated heterocycles. The average molecular weight is 421 g/mol. The normalized spacial score (nSPS) is 27.4. The second-order valence-electron chi connectivity index (χ2n) is 6.53. The third kappa shape index (κ3) is 8.20. The van der Waals surface area contributed by atoms with Gasteiger partial charge in [0.1, 0.15) is 24.0 Å². The van der Waals surface area contributed by atoms with E-state index >= 15 is 0 Å². The number of hydrogen-bond donors (Lipinski definition) is 4. The zero-order valence-corrected chi connectivity index (χ0v) is 16.5. The molecule has 0 spiro atoms. The van der Waals surface area contributed by atoms with Crippen LogP contribution >= 0.6 is 0 Å². The van der Waals surface area contributed by atoms with Crippen LogP contribution in [-0.2, 0) is 36.8 Å². The summed E-state index contributed by atoms with van der Waals surface area (Å²) in [5.74, 6) is 0. The molecule has 4 N–H and O–H groups in total. The quantitative estimate of drug-likeness (QED) is 0.239. The Morgan fingerprint density at radius 3 is 2.31 bits per heavy atom. The van der Waals surface area contributed by atoms with Crippen molar-refractivity contribution in [2.24, 2.45) is 0 Å². The molecule has 0 amide bonds. The maximum atomic E-state index is 9.92. The van der Waals surface area contributed by atoms with E-state index in [4.69, 9.17) is 28.8 Å². The summed E-state index contributed by atoms with van der Waals surface area (Å²) < 4.78 is 28.2. The molecule has 1 aromatic rings. The number of nitrogens with zero attached hydrogens (tertiary/aromatic N) is 3. The van der Waals surface area contributed by atoms with Crippen molar-refractivity contribution in [1.82, 2.24) is 15.0 Å².